The van der Waals surface area contributed by atoms with Gasteiger partial charge in [0.05, 0.1) is 18.8 Å². The van der Waals surface area contributed by atoms with Crippen molar-refractivity contribution in [3.8, 4) is 0 Å². The zero-order chi connectivity index (χ0) is 13.8. The van der Waals surface area contributed by atoms with Crippen molar-refractivity contribution >= 4 is 0 Å². The fourth-order valence-corrected chi connectivity index (χ4v) is 2.50. The van der Waals surface area contributed by atoms with E-state index in [9.17, 15) is 5.11 Å². The monoisotopic (exact) mass is 263 g/mol. The standard InChI is InChI=1S/C16H25NO2/c1-12(2)17-8-9-19-16(11-17)15(18)10-14-6-4-13(3)5-7-14/h4-7,12,15-16,18H,8-11H2,1-3H3. The number of benzene rings is 1. The molecule has 0 radical (unpaired) electrons. The van der Waals surface area contributed by atoms with Crippen LogP contribution in [0.5, 0.6) is 0 Å². The largest absolute Gasteiger partial charge is 0.390 e. The molecule has 2 rings (SSSR count). The van der Waals surface area contributed by atoms with Crippen molar-refractivity contribution in [2.24, 2.45) is 0 Å². The second kappa shape index (κ2) is 6.51. The lowest BCUT2D eigenvalue weighted by Crippen LogP contribution is -2.50. The third-order valence-electron chi connectivity index (χ3n) is 3.85. The van der Waals surface area contributed by atoms with Gasteiger partial charge in [-0.1, -0.05) is 29.8 Å². The highest BCUT2D eigenvalue weighted by Gasteiger charge is 2.27. The molecule has 2 unspecified atom stereocenters. The lowest BCUT2D eigenvalue weighted by molar-refractivity contribution is -0.0940. The number of aryl methyl sites for hydroxylation is 1. The van der Waals surface area contributed by atoms with Crippen LogP contribution in [0.2, 0.25) is 0 Å². The van der Waals surface area contributed by atoms with Crippen LogP contribution in [0.3, 0.4) is 0 Å². The van der Waals surface area contributed by atoms with Crippen molar-refractivity contribution in [2.75, 3.05) is 19.7 Å². The highest BCUT2D eigenvalue weighted by molar-refractivity contribution is 5.22. The minimum absolute atomic E-state index is 0.0718. The van der Waals surface area contributed by atoms with E-state index >= 15 is 0 Å². The zero-order valence-electron chi connectivity index (χ0n) is 12.2. The first kappa shape index (κ1) is 14.5. The van der Waals surface area contributed by atoms with Crippen LogP contribution < -0.4 is 0 Å². The van der Waals surface area contributed by atoms with Gasteiger partial charge in [0, 0.05) is 25.6 Å². The van der Waals surface area contributed by atoms with Crippen molar-refractivity contribution in [2.45, 2.75) is 45.4 Å². The lowest BCUT2D eigenvalue weighted by atomic mass is 10.0. The minimum Gasteiger partial charge on any atom is -0.390 e. The minimum atomic E-state index is -0.427. The molecule has 3 nitrogen and oxygen atoms in total. The fourth-order valence-electron chi connectivity index (χ4n) is 2.50. The Morgan fingerprint density at radius 3 is 2.63 bits per heavy atom. The van der Waals surface area contributed by atoms with Crippen LogP contribution in [-0.2, 0) is 11.2 Å². The molecule has 1 fully saturated rings. The first-order valence-electron chi connectivity index (χ1n) is 7.15. The average Bonchev–Trinajstić information content (AvgIpc) is 2.41. The first-order chi connectivity index (χ1) is 9.06. The van der Waals surface area contributed by atoms with E-state index in [0.29, 0.717) is 19.1 Å². The highest BCUT2D eigenvalue weighted by atomic mass is 16.5. The normalized spacial score (nSPS) is 22.7. The Kier molecular flexibility index (Phi) is 4.97. The SMILES string of the molecule is Cc1ccc(CC(O)C2CN(C(C)C)CCO2)cc1. The summed E-state index contributed by atoms with van der Waals surface area (Å²) in [6.45, 7) is 8.96. The molecular formula is C16H25NO2. The van der Waals surface area contributed by atoms with E-state index in [1.165, 1.54) is 11.1 Å². The van der Waals surface area contributed by atoms with E-state index in [2.05, 4.69) is 49.9 Å². The number of rotatable bonds is 4. The molecule has 0 saturated carbocycles. The molecule has 1 heterocycles. The van der Waals surface area contributed by atoms with Gasteiger partial charge in [-0.05, 0) is 26.3 Å². The Balaban J connectivity index is 1.92. The summed E-state index contributed by atoms with van der Waals surface area (Å²) >= 11 is 0. The summed E-state index contributed by atoms with van der Waals surface area (Å²) in [4.78, 5) is 2.37. The van der Waals surface area contributed by atoms with Gasteiger partial charge in [0.1, 0.15) is 0 Å². The number of hydrogen-bond acceptors (Lipinski definition) is 3. The fraction of sp³-hybridized carbons (Fsp3) is 0.625. The topological polar surface area (TPSA) is 32.7 Å². The summed E-state index contributed by atoms with van der Waals surface area (Å²) in [7, 11) is 0. The molecule has 1 aromatic carbocycles. The molecule has 0 amide bonds. The third kappa shape index (κ3) is 4.03. The molecule has 1 aliphatic rings. The molecule has 0 aromatic heterocycles. The lowest BCUT2D eigenvalue weighted by Gasteiger charge is -2.37. The number of nitrogens with zero attached hydrogens (tertiary/aromatic N) is 1. The smallest absolute Gasteiger partial charge is 0.0964 e. The molecule has 1 N–H and O–H groups in total. The summed E-state index contributed by atoms with van der Waals surface area (Å²) in [5.74, 6) is 0. The maximum Gasteiger partial charge on any atom is 0.0964 e. The van der Waals surface area contributed by atoms with E-state index < -0.39 is 6.10 Å². The molecule has 2 atom stereocenters. The number of aliphatic hydroxyl groups excluding tert-OH is 1. The molecule has 3 heteroatoms. The Morgan fingerprint density at radius 2 is 2.00 bits per heavy atom. The van der Waals surface area contributed by atoms with Crippen LogP contribution in [0, 0.1) is 6.92 Å². The van der Waals surface area contributed by atoms with Crippen LogP contribution in [0.15, 0.2) is 24.3 Å². The van der Waals surface area contributed by atoms with Gasteiger partial charge in [-0.15, -0.1) is 0 Å². The van der Waals surface area contributed by atoms with E-state index in [4.69, 9.17) is 4.74 Å². The van der Waals surface area contributed by atoms with Crippen molar-refractivity contribution in [3.63, 3.8) is 0 Å². The number of morpholine rings is 1. The third-order valence-corrected chi connectivity index (χ3v) is 3.85. The first-order valence-corrected chi connectivity index (χ1v) is 7.15. The van der Waals surface area contributed by atoms with Crippen LogP contribution in [0.1, 0.15) is 25.0 Å². The van der Waals surface area contributed by atoms with Gasteiger partial charge in [-0.3, -0.25) is 4.90 Å². The Bertz CT molecular complexity index is 388. The van der Waals surface area contributed by atoms with E-state index in [0.717, 1.165) is 13.1 Å². The molecule has 0 spiro atoms. The maximum atomic E-state index is 10.3. The van der Waals surface area contributed by atoms with E-state index in [1.807, 2.05) is 0 Å². The Labute approximate surface area is 116 Å². The second-order valence-electron chi connectivity index (χ2n) is 5.75. The summed E-state index contributed by atoms with van der Waals surface area (Å²) in [5.41, 5.74) is 2.42. The molecule has 1 aliphatic heterocycles. The van der Waals surface area contributed by atoms with Crippen LogP contribution in [-0.4, -0.2) is 48.0 Å². The van der Waals surface area contributed by atoms with Gasteiger partial charge in [0.2, 0.25) is 0 Å². The van der Waals surface area contributed by atoms with Crippen LogP contribution in [0.25, 0.3) is 0 Å². The average molecular weight is 263 g/mol. The summed E-state index contributed by atoms with van der Waals surface area (Å²) < 4.78 is 5.72. The highest BCUT2D eigenvalue weighted by Crippen LogP contribution is 2.15. The summed E-state index contributed by atoms with van der Waals surface area (Å²) in [6, 6.07) is 8.86. The predicted molar refractivity (Wildman–Crippen MR) is 77.3 cm³/mol. The van der Waals surface area contributed by atoms with Gasteiger partial charge in [-0.25, -0.2) is 0 Å². The van der Waals surface area contributed by atoms with Crippen LogP contribution in [0.4, 0.5) is 0 Å². The number of hydrogen-bond donors (Lipinski definition) is 1. The van der Waals surface area contributed by atoms with Crippen molar-refractivity contribution in [3.05, 3.63) is 35.4 Å². The van der Waals surface area contributed by atoms with Gasteiger partial charge >= 0.3 is 0 Å². The second-order valence-corrected chi connectivity index (χ2v) is 5.75. The number of aliphatic hydroxyl groups is 1. The predicted octanol–water partition coefficient (Wildman–Crippen LogP) is 2.01. The van der Waals surface area contributed by atoms with Crippen molar-refractivity contribution in [1.82, 2.24) is 4.90 Å². The van der Waals surface area contributed by atoms with E-state index in [-0.39, 0.29) is 6.10 Å². The molecule has 1 saturated heterocycles. The van der Waals surface area contributed by atoms with Crippen molar-refractivity contribution < 1.29 is 9.84 Å². The van der Waals surface area contributed by atoms with E-state index in [1.54, 1.807) is 0 Å². The summed E-state index contributed by atoms with van der Waals surface area (Å²) in [6.07, 6.45) is 0.165. The number of ether oxygens (including phenoxy) is 1. The van der Waals surface area contributed by atoms with Gasteiger partial charge in [-0.2, -0.15) is 0 Å². The maximum absolute atomic E-state index is 10.3. The van der Waals surface area contributed by atoms with Gasteiger partial charge in [0.25, 0.3) is 0 Å². The Hall–Kier alpha value is -0.900. The Morgan fingerprint density at radius 1 is 1.32 bits per heavy atom. The molecule has 0 aliphatic carbocycles. The summed E-state index contributed by atoms with van der Waals surface area (Å²) in [5, 5.41) is 10.3. The molecule has 0 bridgehead atoms. The molecule has 1 aromatic rings. The van der Waals surface area contributed by atoms with Crippen LogP contribution >= 0.6 is 0 Å². The quantitative estimate of drug-likeness (QED) is 0.902. The zero-order valence-corrected chi connectivity index (χ0v) is 12.2. The molecule has 19 heavy (non-hydrogen) atoms. The van der Waals surface area contributed by atoms with Gasteiger partial charge in [0.15, 0.2) is 0 Å². The molecule has 106 valence electrons. The van der Waals surface area contributed by atoms with Crippen molar-refractivity contribution in [1.29, 1.82) is 0 Å². The van der Waals surface area contributed by atoms with Gasteiger partial charge < -0.3 is 9.84 Å². The molecular weight excluding hydrogens is 238 g/mol.